The summed E-state index contributed by atoms with van der Waals surface area (Å²) < 4.78 is 0. The summed E-state index contributed by atoms with van der Waals surface area (Å²) >= 11 is 0. The number of hydrogen-bond donors (Lipinski definition) is 0. The molecule has 4 aromatic carbocycles. The molecule has 0 unspecified atom stereocenters. The Hall–Kier alpha value is -4.82. The highest BCUT2D eigenvalue weighted by Gasteiger charge is 2.23. The van der Waals surface area contributed by atoms with E-state index < -0.39 is 0 Å². The van der Waals surface area contributed by atoms with Crippen molar-refractivity contribution in [2.24, 2.45) is 0 Å². The van der Waals surface area contributed by atoms with E-state index in [1.807, 2.05) is 36.9 Å². The van der Waals surface area contributed by atoms with Crippen LogP contribution < -0.4 is 0 Å². The van der Waals surface area contributed by atoms with Gasteiger partial charge in [-0.3, -0.25) is 9.97 Å². The van der Waals surface area contributed by atoms with Gasteiger partial charge in [0.1, 0.15) is 0 Å². The Kier molecular flexibility index (Phi) is 6.09. The monoisotopic (exact) mass is 514 g/mol. The third-order valence-corrected chi connectivity index (χ3v) is 8.21. The minimum Gasteiger partial charge on any atom is -0.264 e. The van der Waals surface area contributed by atoms with Gasteiger partial charge in [0.25, 0.3) is 0 Å². The van der Waals surface area contributed by atoms with Gasteiger partial charge in [0.15, 0.2) is 0 Å². The van der Waals surface area contributed by atoms with E-state index in [9.17, 15) is 0 Å². The van der Waals surface area contributed by atoms with E-state index in [1.54, 1.807) is 0 Å². The minimum absolute atomic E-state index is 1.02. The summed E-state index contributed by atoms with van der Waals surface area (Å²) in [5.74, 6) is 0. The first-order valence-corrected chi connectivity index (χ1v) is 14.0. The van der Waals surface area contributed by atoms with Crippen molar-refractivity contribution < 1.29 is 0 Å². The number of hydrogen-bond acceptors (Lipinski definition) is 2. The highest BCUT2D eigenvalue weighted by Crippen LogP contribution is 2.47. The van der Waals surface area contributed by atoms with Crippen LogP contribution in [0.25, 0.3) is 61.4 Å². The number of benzene rings is 4. The Morgan fingerprint density at radius 2 is 1.15 bits per heavy atom. The number of fused-ring (bicyclic) bond motifs is 2. The van der Waals surface area contributed by atoms with Crippen LogP contribution in [0.15, 0.2) is 116 Å². The second-order valence-corrected chi connectivity index (χ2v) is 10.7. The fourth-order valence-corrected chi connectivity index (χ4v) is 6.19. The van der Waals surface area contributed by atoms with Crippen LogP contribution in [0.4, 0.5) is 0 Å². The molecule has 1 aliphatic carbocycles. The molecule has 0 radical (unpaired) electrons. The van der Waals surface area contributed by atoms with Gasteiger partial charge in [-0.1, -0.05) is 72.8 Å². The number of nitrogens with zero attached hydrogens (tertiary/aromatic N) is 2. The van der Waals surface area contributed by atoms with Crippen LogP contribution in [0.5, 0.6) is 0 Å². The van der Waals surface area contributed by atoms with Gasteiger partial charge in [0, 0.05) is 35.9 Å². The molecule has 0 saturated carbocycles. The molecule has 1 aliphatic rings. The lowest BCUT2D eigenvalue weighted by Gasteiger charge is -2.25. The van der Waals surface area contributed by atoms with E-state index in [4.69, 9.17) is 0 Å². The SMILES string of the molecule is Cc1ccc(-c2cccnc2)cc1-c1c2c(c(-c3cc(-c4cccnc4)ccc3C)c3ccccc13)CCC=C2. The molecule has 2 heterocycles. The maximum absolute atomic E-state index is 4.38. The van der Waals surface area contributed by atoms with E-state index in [0.717, 1.165) is 24.0 Å². The van der Waals surface area contributed by atoms with Crippen molar-refractivity contribution in [1.29, 1.82) is 0 Å². The molecule has 0 aliphatic heterocycles. The Labute approximate surface area is 235 Å². The summed E-state index contributed by atoms with van der Waals surface area (Å²) in [5, 5.41) is 2.60. The topological polar surface area (TPSA) is 25.8 Å². The van der Waals surface area contributed by atoms with Crippen molar-refractivity contribution in [3.63, 3.8) is 0 Å². The van der Waals surface area contributed by atoms with E-state index in [0.29, 0.717) is 0 Å². The molecular weight excluding hydrogens is 484 g/mol. The number of rotatable bonds is 4. The van der Waals surface area contributed by atoms with Gasteiger partial charge in [0.2, 0.25) is 0 Å². The fraction of sp³-hybridized carbons (Fsp3) is 0.105. The predicted molar refractivity (Wildman–Crippen MR) is 168 cm³/mol. The van der Waals surface area contributed by atoms with Crippen LogP contribution in [0.2, 0.25) is 0 Å². The Morgan fingerprint density at radius 3 is 1.73 bits per heavy atom. The van der Waals surface area contributed by atoms with Crippen molar-refractivity contribution in [3.05, 3.63) is 138 Å². The first-order chi connectivity index (χ1) is 19.7. The average Bonchev–Trinajstić information content (AvgIpc) is 3.02. The second kappa shape index (κ2) is 10.1. The van der Waals surface area contributed by atoms with Gasteiger partial charge in [-0.05, 0) is 117 Å². The number of pyridine rings is 2. The molecule has 0 N–H and O–H groups in total. The number of allylic oxidation sites excluding steroid dienone is 1. The summed E-state index contributed by atoms with van der Waals surface area (Å²) in [6, 6.07) is 30.9. The standard InChI is InChI=1S/C38H30N2/c1-25-15-17-27(29-9-7-19-39-23-29)21-35(25)37-31-11-3-5-13-33(31)38(34-14-6-4-12-32(34)37)36-22-28(18-16-26(36)2)30-10-8-20-40-24-30/h3-5,7-13,15-24H,6,14H2,1-2H3. The maximum atomic E-state index is 4.38. The quantitative estimate of drug-likeness (QED) is 0.234. The zero-order chi connectivity index (χ0) is 27.1. The lowest BCUT2D eigenvalue weighted by atomic mass is 9.78. The van der Waals surface area contributed by atoms with Crippen LogP contribution in [0.1, 0.15) is 28.7 Å². The Bertz CT molecular complexity index is 1900. The molecular formula is C38H30N2. The summed E-state index contributed by atoms with van der Waals surface area (Å²) in [6.45, 7) is 4.46. The fourth-order valence-electron chi connectivity index (χ4n) is 6.19. The van der Waals surface area contributed by atoms with Crippen LogP contribution in [-0.4, -0.2) is 9.97 Å². The van der Waals surface area contributed by atoms with Crippen molar-refractivity contribution in [3.8, 4) is 44.5 Å². The van der Waals surface area contributed by atoms with E-state index in [1.165, 1.54) is 66.4 Å². The van der Waals surface area contributed by atoms with Gasteiger partial charge in [0.05, 0.1) is 0 Å². The molecule has 2 nitrogen and oxygen atoms in total. The van der Waals surface area contributed by atoms with Gasteiger partial charge in [-0.25, -0.2) is 0 Å². The lowest BCUT2D eigenvalue weighted by molar-refractivity contribution is 0.991. The zero-order valence-corrected chi connectivity index (χ0v) is 22.9. The van der Waals surface area contributed by atoms with E-state index in [-0.39, 0.29) is 0 Å². The molecule has 6 aromatic rings. The zero-order valence-electron chi connectivity index (χ0n) is 22.9. The first-order valence-electron chi connectivity index (χ1n) is 14.0. The number of aromatic nitrogens is 2. The third-order valence-electron chi connectivity index (χ3n) is 8.21. The molecule has 192 valence electrons. The maximum Gasteiger partial charge on any atom is 0.0346 e. The van der Waals surface area contributed by atoms with Crippen molar-refractivity contribution in [1.82, 2.24) is 9.97 Å². The molecule has 0 bridgehead atoms. The normalized spacial score (nSPS) is 12.4. The van der Waals surface area contributed by atoms with Crippen molar-refractivity contribution >= 4 is 16.8 Å². The highest BCUT2D eigenvalue weighted by atomic mass is 14.6. The third kappa shape index (κ3) is 4.13. The molecule has 7 rings (SSSR count). The molecule has 2 heteroatoms. The second-order valence-electron chi connectivity index (χ2n) is 10.7. The van der Waals surface area contributed by atoms with Gasteiger partial charge in [-0.15, -0.1) is 0 Å². The van der Waals surface area contributed by atoms with Crippen LogP contribution in [-0.2, 0) is 6.42 Å². The minimum atomic E-state index is 1.02. The smallest absolute Gasteiger partial charge is 0.0346 e. The molecule has 0 saturated heterocycles. The lowest BCUT2D eigenvalue weighted by Crippen LogP contribution is -2.04. The van der Waals surface area contributed by atoms with Gasteiger partial charge < -0.3 is 0 Å². The predicted octanol–water partition coefficient (Wildman–Crippen LogP) is 9.87. The molecule has 2 aromatic heterocycles. The Morgan fingerprint density at radius 1 is 0.575 bits per heavy atom. The van der Waals surface area contributed by atoms with Crippen LogP contribution in [0, 0.1) is 13.8 Å². The Balaban J connectivity index is 1.53. The summed E-state index contributed by atoms with van der Waals surface area (Å²) in [7, 11) is 0. The summed E-state index contributed by atoms with van der Waals surface area (Å²) in [4.78, 5) is 8.75. The largest absolute Gasteiger partial charge is 0.264 e. The molecule has 40 heavy (non-hydrogen) atoms. The number of aryl methyl sites for hydroxylation is 2. The van der Waals surface area contributed by atoms with E-state index in [2.05, 4.69) is 109 Å². The molecule has 0 fully saturated rings. The first kappa shape index (κ1) is 24.2. The molecule has 0 amide bonds. The van der Waals surface area contributed by atoms with Crippen molar-refractivity contribution in [2.75, 3.05) is 0 Å². The van der Waals surface area contributed by atoms with Gasteiger partial charge >= 0.3 is 0 Å². The average molecular weight is 515 g/mol. The molecule has 0 atom stereocenters. The van der Waals surface area contributed by atoms with Crippen LogP contribution >= 0.6 is 0 Å². The van der Waals surface area contributed by atoms with E-state index >= 15 is 0 Å². The van der Waals surface area contributed by atoms with Crippen LogP contribution in [0.3, 0.4) is 0 Å². The summed E-state index contributed by atoms with van der Waals surface area (Å²) in [5.41, 5.74) is 15.3. The summed E-state index contributed by atoms with van der Waals surface area (Å²) in [6.07, 6.45) is 14.3. The van der Waals surface area contributed by atoms with Gasteiger partial charge in [-0.2, -0.15) is 0 Å². The highest BCUT2D eigenvalue weighted by molar-refractivity contribution is 6.11. The molecule has 0 spiro atoms. The van der Waals surface area contributed by atoms with Crippen molar-refractivity contribution in [2.45, 2.75) is 26.7 Å².